The fourth-order valence-electron chi connectivity index (χ4n) is 2.90. The molecule has 32 heavy (non-hydrogen) atoms. The number of aryl methyl sites for hydroxylation is 2. The lowest BCUT2D eigenvalue weighted by Crippen LogP contribution is -2.20. The molecular weight excluding hydrogens is 402 g/mol. The molecule has 0 aliphatic heterocycles. The molecule has 0 unspecified atom stereocenters. The van der Waals surface area contributed by atoms with Crippen LogP contribution in [0.15, 0.2) is 77.9 Å². The number of carbonyl (C=O) groups is 2. The Labute approximate surface area is 188 Å². The van der Waals surface area contributed by atoms with E-state index in [1.807, 2.05) is 86.6 Å². The first kappa shape index (κ1) is 22.7. The molecule has 0 fully saturated rings. The topological polar surface area (TPSA) is 79.8 Å². The van der Waals surface area contributed by atoms with Crippen molar-refractivity contribution in [3.8, 4) is 5.75 Å². The first-order valence-electron chi connectivity index (χ1n) is 10.5. The second-order valence-electron chi connectivity index (χ2n) is 7.48. The number of carbonyl (C=O) groups excluding carboxylic acids is 2. The van der Waals surface area contributed by atoms with E-state index in [9.17, 15) is 9.59 Å². The van der Waals surface area contributed by atoms with Gasteiger partial charge in [0.1, 0.15) is 12.4 Å². The third-order valence-electron chi connectivity index (χ3n) is 4.90. The van der Waals surface area contributed by atoms with Crippen LogP contribution in [0, 0.1) is 13.8 Å². The first-order valence-corrected chi connectivity index (χ1v) is 10.5. The van der Waals surface area contributed by atoms with Crippen LogP contribution in [0.4, 0.5) is 5.69 Å². The van der Waals surface area contributed by atoms with Crippen molar-refractivity contribution < 1.29 is 14.3 Å². The Morgan fingerprint density at radius 1 is 0.875 bits per heavy atom. The van der Waals surface area contributed by atoms with Gasteiger partial charge in [0.05, 0.1) is 6.21 Å². The molecule has 0 heterocycles. The number of hydrogen-bond donors (Lipinski definition) is 2. The lowest BCUT2D eigenvalue weighted by Gasteiger charge is -2.07. The van der Waals surface area contributed by atoms with Gasteiger partial charge in [-0.25, -0.2) is 5.43 Å². The van der Waals surface area contributed by atoms with E-state index >= 15 is 0 Å². The van der Waals surface area contributed by atoms with Crippen LogP contribution in [0.3, 0.4) is 0 Å². The van der Waals surface area contributed by atoms with Crippen LogP contribution in [0.2, 0.25) is 0 Å². The zero-order chi connectivity index (χ0) is 22.8. The molecule has 3 aromatic rings. The molecule has 0 spiro atoms. The van der Waals surface area contributed by atoms with Gasteiger partial charge in [0.25, 0.3) is 0 Å². The Kier molecular flexibility index (Phi) is 8.15. The lowest BCUT2D eigenvalue weighted by atomic mass is 10.1. The van der Waals surface area contributed by atoms with E-state index in [1.165, 1.54) is 0 Å². The Bertz CT molecular complexity index is 1080. The van der Waals surface area contributed by atoms with Crippen molar-refractivity contribution in [1.82, 2.24) is 5.43 Å². The van der Waals surface area contributed by atoms with Gasteiger partial charge in [-0.3, -0.25) is 9.59 Å². The summed E-state index contributed by atoms with van der Waals surface area (Å²) < 4.78 is 5.75. The Balaban J connectivity index is 1.37. The SMILES string of the molecule is Cc1ccc(NC(=O)CCC(=O)N/N=C/c2ccc(OCc3ccccc3)cc2)cc1C. The van der Waals surface area contributed by atoms with Gasteiger partial charge in [-0.05, 0) is 72.5 Å². The van der Waals surface area contributed by atoms with Crippen LogP contribution in [0.25, 0.3) is 0 Å². The van der Waals surface area contributed by atoms with Gasteiger partial charge in [0.15, 0.2) is 0 Å². The number of hydrazone groups is 1. The summed E-state index contributed by atoms with van der Waals surface area (Å²) in [6.07, 6.45) is 1.69. The molecule has 0 aromatic heterocycles. The second-order valence-corrected chi connectivity index (χ2v) is 7.48. The average Bonchev–Trinajstić information content (AvgIpc) is 2.80. The van der Waals surface area contributed by atoms with E-state index in [1.54, 1.807) is 6.21 Å². The molecule has 0 bridgehead atoms. The highest BCUT2D eigenvalue weighted by Gasteiger charge is 2.07. The summed E-state index contributed by atoms with van der Waals surface area (Å²) >= 11 is 0. The minimum Gasteiger partial charge on any atom is -0.489 e. The highest BCUT2D eigenvalue weighted by atomic mass is 16.5. The van der Waals surface area contributed by atoms with Gasteiger partial charge in [-0.15, -0.1) is 0 Å². The largest absolute Gasteiger partial charge is 0.489 e. The number of amides is 2. The average molecular weight is 430 g/mol. The molecule has 6 nitrogen and oxygen atoms in total. The van der Waals surface area contributed by atoms with Gasteiger partial charge in [0, 0.05) is 18.5 Å². The van der Waals surface area contributed by atoms with Crippen LogP contribution in [0.5, 0.6) is 5.75 Å². The molecule has 0 aliphatic rings. The maximum absolute atomic E-state index is 12.0. The normalized spacial score (nSPS) is 10.7. The van der Waals surface area contributed by atoms with Gasteiger partial charge in [-0.2, -0.15) is 5.10 Å². The van der Waals surface area contributed by atoms with E-state index in [-0.39, 0.29) is 24.7 Å². The molecule has 6 heteroatoms. The highest BCUT2D eigenvalue weighted by molar-refractivity contribution is 5.93. The summed E-state index contributed by atoms with van der Waals surface area (Å²) in [5, 5.41) is 6.75. The van der Waals surface area contributed by atoms with Crippen molar-refractivity contribution in [2.75, 3.05) is 5.32 Å². The van der Waals surface area contributed by atoms with Gasteiger partial charge in [-0.1, -0.05) is 36.4 Å². The molecule has 2 N–H and O–H groups in total. The zero-order valence-corrected chi connectivity index (χ0v) is 18.3. The van der Waals surface area contributed by atoms with Crippen molar-refractivity contribution in [3.05, 3.63) is 95.1 Å². The van der Waals surface area contributed by atoms with Crippen LogP contribution < -0.4 is 15.5 Å². The zero-order valence-electron chi connectivity index (χ0n) is 18.3. The summed E-state index contributed by atoms with van der Waals surface area (Å²) in [4.78, 5) is 24.0. The standard InChI is InChI=1S/C26H27N3O3/c1-19-8-11-23(16-20(19)2)28-25(30)14-15-26(31)29-27-17-21-9-12-24(13-10-21)32-18-22-6-4-3-5-7-22/h3-13,16-17H,14-15,18H2,1-2H3,(H,28,30)(H,29,31)/b27-17+. The summed E-state index contributed by atoms with van der Waals surface area (Å²) in [6.45, 7) is 4.50. The number of anilines is 1. The number of rotatable bonds is 9. The molecule has 2 amide bonds. The monoisotopic (exact) mass is 429 g/mol. The van der Waals surface area contributed by atoms with E-state index in [0.717, 1.165) is 33.7 Å². The molecule has 3 rings (SSSR count). The maximum Gasteiger partial charge on any atom is 0.240 e. The summed E-state index contributed by atoms with van der Waals surface area (Å²) in [6, 6.07) is 23.1. The third-order valence-corrected chi connectivity index (χ3v) is 4.90. The summed E-state index contributed by atoms with van der Waals surface area (Å²) in [7, 11) is 0. The molecule has 0 aliphatic carbocycles. The predicted octanol–water partition coefficient (Wildman–Crippen LogP) is 4.75. The molecule has 3 aromatic carbocycles. The van der Waals surface area contributed by atoms with E-state index in [2.05, 4.69) is 15.8 Å². The van der Waals surface area contributed by atoms with Crippen LogP contribution in [-0.2, 0) is 16.2 Å². The van der Waals surface area contributed by atoms with E-state index < -0.39 is 0 Å². The van der Waals surface area contributed by atoms with E-state index in [4.69, 9.17) is 4.74 Å². The van der Waals surface area contributed by atoms with Crippen LogP contribution in [0.1, 0.15) is 35.1 Å². The van der Waals surface area contributed by atoms with Gasteiger partial charge in [0.2, 0.25) is 11.8 Å². The molecule has 0 saturated heterocycles. The molecule has 164 valence electrons. The third kappa shape index (κ3) is 7.40. The van der Waals surface area contributed by atoms with Crippen molar-refractivity contribution in [3.63, 3.8) is 0 Å². The fourth-order valence-corrected chi connectivity index (χ4v) is 2.90. The molecule has 0 saturated carbocycles. The minimum absolute atomic E-state index is 0.0558. The van der Waals surface area contributed by atoms with Crippen molar-refractivity contribution >= 4 is 23.7 Å². The van der Waals surface area contributed by atoms with Crippen LogP contribution in [-0.4, -0.2) is 18.0 Å². The smallest absolute Gasteiger partial charge is 0.240 e. The Morgan fingerprint density at radius 3 is 2.31 bits per heavy atom. The summed E-state index contributed by atoms with van der Waals surface area (Å²) in [5.74, 6) is 0.225. The fraction of sp³-hybridized carbons (Fsp3) is 0.192. The Hall–Kier alpha value is -3.93. The minimum atomic E-state index is -0.320. The highest BCUT2D eigenvalue weighted by Crippen LogP contribution is 2.15. The van der Waals surface area contributed by atoms with Gasteiger partial charge >= 0.3 is 0 Å². The quantitative estimate of drug-likeness (QED) is 0.380. The number of nitrogens with zero attached hydrogens (tertiary/aromatic N) is 1. The van der Waals surface area contributed by atoms with Crippen molar-refractivity contribution in [1.29, 1.82) is 0 Å². The van der Waals surface area contributed by atoms with E-state index in [0.29, 0.717) is 6.61 Å². The molecule has 0 atom stereocenters. The molecule has 0 radical (unpaired) electrons. The second kappa shape index (κ2) is 11.5. The predicted molar refractivity (Wildman–Crippen MR) is 127 cm³/mol. The van der Waals surface area contributed by atoms with Crippen LogP contribution >= 0.6 is 0 Å². The van der Waals surface area contributed by atoms with Crippen molar-refractivity contribution in [2.45, 2.75) is 33.3 Å². The first-order chi connectivity index (χ1) is 15.5. The molecular formula is C26H27N3O3. The number of hydrogen-bond acceptors (Lipinski definition) is 4. The van der Waals surface area contributed by atoms with Gasteiger partial charge < -0.3 is 10.1 Å². The summed E-state index contributed by atoms with van der Waals surface area (Å²) in [5.41, 5.74) is 7.37. The number of ether oxygens (including phenoxy) is 1. The number of benzene rings is 3. The van der Waals surface area contributed by atoms with Crippen molar-refractivity contribution in [2.24, 2.45) is 5.10 Å². The lowest BCUT2D eigenvalue weighted by molar-refractivity contribution is -0.124. The maximum atomic E-state index is 12.0. The number of nitrogens with one attached hydrogen (secondary N) is 2. The Morgan fingerprint density at radius 2 is 1.59 bits per heavy atom.